The molecule has 2 aromatic heterocycles. The summed E-state index contributed by atoms with van der Waals surface area (Å²) >= 11 is 0. The van der Waals surface area contributed by atoms with E-state index in [-0.39, 0.29) is 36.9 Å². The van der Waals surface area contributed by atoms with Gasteiger partial charge in [-0.3, -0.25) is 0 Å². The van der Waals surface area contributed by atoms with E-state index in [9.17, 15) is 26.0 Å². The molecular weight excluding hydrogens is 444 g/mol. The van der Waals surface area contributed by atoms with E-state index in [1.165, 1.54) is 12.4 Å². The average molecular weight is 462 g/mol. The lowest BCUT2D eigenvalue weighted by atomic mass is 10.1. The van der Waals surface area contributed by atoms with Gasteiger partial charge in [-0.1, -0.05) is 13.5 Å². The maximum Gasteiger partial charge on any atom is 0.314 e. The highest BCUT2D eigenvalue weighted by atomic mass is 32.2. The van der Waals surface area contributed by atoms with Gasteiger partial charge < -0.3 is 9.73 Å². The summed E-state index contributed by atoms with van der Waals surface area (Å²) in [5, 5.41) is 9.39. The van der Waals surface area contributed by atoms with Gasteiger partial charge >= 0.3 is 6.43 Å². The van der Waals surface area contributed by atoms with Crippen LogP contribution in [0.25, 0.3) is 11.5 Å². The molecule has 3 aromatic rings. The first-order valence-corrected chi connectivity index (χ1v) is 10.1. The number of nitrogens with zero attached hydrogens (tertiary/aromatic N) is 4. The van der Waals surface area contributed by atoms with Gasteiger partial charge in [0, 0.05) is 30.6 Å². The normalized spacial score (nSPS) is 12.5. The predicted molar refractivity (Wildman–Crippen MR) is 103 cm³/mol. The molecule has 0 saturated heterocycles. The number of hydrogen-bond acceptors (Lipinski definition) is 8. The summed E-state index contributed by atoms with van der Waals surface area (Å²) < 4.78 is 82.3. The lowest BCUT2D eigenvalue weighted by Gasteiger charge is -2.20. The number of aromatic nitrogens is 4. The molecule has 0 aliphatic rings. The van der Waals surface area contributed by atoms with Crippen LogP contribution >= 0.6 is 0 Å². The summed E-state index contributed by atoms with van der Waals surface area (Å²) in [5.74, 6) is -2.82. The van der Waals surface area contributed by atoms with Crippen LogP contribution < -0.4 is 10.0 Å². The second-order valence-corrected chi connectivity index (χ2v) is 7.86. The maximum absolute atomic E-state index is 14.2. The number of halogens is 4. The van der Waals surface area contributed by atoms with Gasteiger partial charge in [-0.05, 0) is 6.07 Å². The minimum atomic E-state index is -3.60. The van der Waals surface area contributed by atoms with E-state index < -0.39 is 40.0 Å². The van der Waals surface area contributed by atoms with Crippen LogP contribution in [0.3, 0.4) is 0 Å². The van der Waals surface area contributed by atoms with Crippen molar-refractivity contribution in [3.63, 3.8) is 0 Å². The molecule has 0 aliphatic carbocycles. The number of nitrogens with one attached hydrogen (secondary N) is 2. The SMILES string of the molecule is C.CS(=O)(=O)NCC(Nc1ncc(-c2nnc(C(F)F)o2)cn1)c1ccc(F)cc1F. The van der Waals surface area contributed by atoms with E-state index >= 15 is 0 Å². The maximum atomic E-state index is 14.2. The highest BCUT2D eigenvalue weighted by Gasteiger charge is 2.20. The Morgan fingerprint density at radius 1 is 1.13 bits per heavy atom. The zero-order valence-corrected chi connectivity index (χ0v) is 16.0. The van der Waals surface area contributed by atoms with Gasteiger partial charge in [-0.25, -0.2) is 31.9 Å². The Labute approximate surface area is 175 Å². The molecule has 0 radical (unpaired) electrons. The van der Waals surface area contributed by atoms with Gasteiger partial charge in [0.1, 0.15) is 11.6 Å². The molecule has 9 nitrogen and oxygen atoms in total. The van der Waals surface area contributed by atoms with E-state index in [1.54, 1.807) is 0 Å². The van der Waals surface area contributed by atoms with Crippen molar-refractivity contribution < 1.29 is 30.4 Å². The smallest absolute Gasteiger partial charge is 0.314 e. The molecule has 0 spiro atoms. The highest BCUT2D eigenvalue weighted by Crippen LogP contribution is 2.24. The fraction of sp³-hybridized carbons (Fsp3) is 0.294. The van der Waals surface area contributed by atoms with Crippen molar-refractivity contribution in [1.29, 1.82) is 0 Å². The van der Waals surface area contributed by atoms with E-state index in [1.807, 2.05) is 0 Å². The monoisotopic (exact) mass is 462 g/mol. The second-order valence-electron chi connectivity index (χ2n) is 6.02. The molecule has 0 saturated carbocycles. The van der Waals surface area contributed by atoms with Gasteiger partial charge in [0.05, 0.1) is 17.9 Å². The van der Waals surface area contributed by atoms with Crippen LogP contribution in [-0.4, -0.2) is 41.4 Å². The van der Waals surface area contributed by atoms with Crippen molar-refractivity contribution in [3.8, 4) is 11.5 Å². The fourth-order valence-electron chi connectivity index (χ4n) is 2.37. The number of rotatable bonds is 8. The third-order valence-electron chi connectivity index (χ3n) is 3.72. The number of benzene rings is 1. The average Bonchev–Trinajstić information content (AvgIpc) is 3.16. The van der Waals surface area contributed by atoms with Crippen molar-refractivity contribution in [3.05, 3.63) is 53.7 Å². The molecule has 1 atom stereocenters. The molecule has 3 rings (SSSR count). The number of sulfonamides is 1. The molecule has 31 heavy (non-hydrogen) atoms. The van der Waals surface area contributed by atoms with E-state index in [0.29, 0.717) is 6.07 Å². The third kappa shape index (κ3) is 6.42. The number of hydrogen-bond donors (Lipinski definition) is 2. The topological polar surface area (TPSA) is 123 Å². The summed E-state index contributed by atoms with van der Waals surface area (Å²) in [5.41, 5.74) is 0.123. The predicted octanol–water partition coefficient (Wildman–Crippen LogP) is 3.08. The quantitative estimate of drug-likeness (QED) is 0.490. The summed E-state index contributed by atoms with van der Waals surface area (Å²) in [6.07, 6.45) is 0.385. The number of alkyl halides is 2. The van der Waals surface area contributed by atoms with Crippen molar-refractivity contribution in [1.82, 2.24) is 24.9 Å². The van der Waals surface area contributed by atoms with Crippen LogP contribution in [-0.2, 0) is 10.0 Å². The second kappa shape index (κ2) is 9.78. The molecular formula is C17H18F4N6O3S. The van der Waals surface area contributed by atoms with Crippen LogP contribution in [0, 0.1) is 11.6 Å². The van der Waals surface area contributed by atoms with E-state index in [4.69, 9.17) is 4.42 Å². The Bertz CT molecular complexity index is 1130. The molecule has 2 N–H and O–H groups in total. The summed E-state index contributed by atoms with van der Waals surface area (Å²) in [6, 6.07) is 1.85. The Balaban J connectivity index is 0.00000341. The van der Waals surface area contributed by atoms with Crippen LogP contribution in [0.4, 0.5) is 23.5 Å². The lowest BCUT2D eigenvalue weighted by molar-refractivity contribution is 0.116. The van der Waals surface area contributed by atoms with E-state index in [2.05, 4.69) is 30.2 Å². The van der Waals surface area contributed by atoms with Crippen LogP contribution in [0.1, 0.15) is 31.3 Å². The lowest BCUT2D eigenvalue weighted by Crippen LogP contribution is -2.31. The van der Waals surface area contributed by atoms with Crippen molar-refractivity contribution >= 4 is 16.0 Å². The summed E-state index contributed by atoms with van der Waals surface area (Å²) in [7, 11) is -3.60. The van der Waals surface area contributed by atoms with Gasteiger partial charge in [-0.2, -0.15) is 8.78 Å². The third-order valence-corrected chi connectivity index (χ3v) is 4.41. The molecule has 1 aromatic carbocycles. The largest absolute Gasteiger partial charge is 0.415 e. The number of anilines is 1. The van der Waals surface area contributed by atoms with Crippen molar-refractivity contribution in [2.24, 2.45) is 0 Å². The molecule has 1 unspecified atom stereocenters. The highest BCUT2D eigenvalue weighted by molar-refractivity contribution is 7.88. The standard InChI is InChI=1S/C16H14F4N6O3S.CH4/c1-30(27,28)23-7-12(10-3-2-9(17)4-11(10)18)24-16-21-5-8(6-22-16)14-25-26-15(29-14)13(19)20;/h2-6,12-13,23H,7H2,1H3,(H,21,22,24);1H4. The minimum Gasteiger partial charge on any atom is -0.415 e. The van der Waals surface area contributed by atoms with Crippen molar-refractivity contribution in [2.45, 2.75) is 19.9 Å². The zero-order chi connectivity index (χ0) is 21.9. The molecule has 14 heteroatoms. The molecule has 0 aliphatic heterocycles. The van der Waals surface area contributed by atoms with E-state index in [0.717, 1.165) is 18.4 Å². The molecule has 168 valence electrons. The van der Waals surface area contributed by atoms with Gasteiger partial charge in [-0.15, -0.1) is 10.2 Å². The Morgan fingerprint density at radius 3 is 2.35 bits per heavy atom. The first-order valence-electron chi connectivity index (χ1n) is 8.22. The van der Waals surface area contributed by atoms with Gasteiger partial charge in [0.2, 0.25) is 16.0 Å². The molecule has 0 bridgehead atoms. The molecule has 0 fully saturated rings. The Hall–Kier alpha value is -3.13. The van der Waals surface area contributed by atoms with Crippen molar-refractivity contribution in [2.75, 3.05) is 18.1 Å². The summed E-state index contributed by atoms with van der Waals surface area (Å²) in [4.78, 5) is 7.91. The van der Waals surface area contributed by atoms with Gasteiger partial charge in [0.25, 0.3) is 11.8 Å². The minimum absolute atomic E-state index is 0. The first-order chi connectivity index (χ1) is 14.1. The Kier molecular flexibility index (Phi) is 7.62. The van der Waals surface area contributed by atoms with Gasteiger partial charge in [0.15, 0.2) is 0 Å². The Morgan fingerprint density at radius 2 is 1.81 bits per heavy atom. The zero-order valence-electron chi connectivity index (χ0n) is 15.2. The van der Waals surface area contributed by atoms with Crippen LogP contribution in [0.5, 0.6) is 0 Å². The first kappa shape index (κ1) is 24.1. The molecule has 2 heterocycles. The molecule has 0 amide bonds. The van der Waals surface area contributed by atoms with Crippen LogP contribution in [0.2, 0.25) is 0 Å². The summed E-state index contributed by atoms with van der Waals surface area (Å²) in [6.45, 7) is -0.284. The fourth-order valence-corrected chi connectivity index (χ4v) is 2.84. The van der Waals surface area contributed by atoms with Crippen LogP contribution in [0.15, 0.2) is 35.0 Å².